The highest BCUT2D eigenvalue weighted by molar-refractivity contribution is 7.99. The molecule has 4 aromatic rings. The van der Waals surface area contributed by atoms with Gasteiger partial charge in [-0.05, 0) is 42.3 Å². The number of carbonyl (C=O) groups excluding carboxylic acids is 1. The molecule has 0 aliphatic rings. The van der Waals surface area contributed by atoms with Gasteiger partial charge in [-0.1, -0.05) is 72.4 Å². The van der Waals surface area contributed by atoms with E-state index in [4.69, 9.17) is 4.74 Å². The summed E-state index contributed by atoms with van der Waals surface area (Å²) in [5, 5.41) is 12.0. The fourth-order valence-electron chi connectivity index (χ4n) is 3.12. The van der Waals surface area contributed by atoms with Gasteiger partial charge < -0.3 is 14.6 Å². The van der Waals surface area contributed by atoms with Crippen molar-refractivity contribution in [3.8, 4) is 5.75 Å². The number of amides is 1. The van der Waals surface area contributed by atoms with Crippen LogP contribution < -0.4 is 10.1 Å². The Morgan fingerprint density at radius 1 is 0.906 bits per heavy atom. The van der Waals surface area contributed by atoms with Crippen molar-refractivity contribution < 1.29 is 9.53 Å². The second kappa shape index (κ2) is 10.6. The predicted octanol–water partition coefficient (Wildman–Crippen LogP) is 4.94. The molecule has 0 unspecified atom stereocenters. The molecular weight excluding hydrogens is 420 g/mol. The number of rotatable bonds is 9. The van der Waals surface area contributed by atoms with Gasteiger partial charge in [0.05, 0.1) is 12.3 Å². The van der Waals surface area contributed by atoms with E-state index >= 15 is 0 Å². The first-order valence-corrected chi connectivity index (χ1v) is 11.3. The number of thioether (sulfide) groups is 1. The molecule has 1 amide bonds. The van der Waals surface area contributed by atoms with Gasteiger partial charge in [0.15, 0.2) is 5.16 Å². The monoisotopic (exact) mass is 444 g/mol. The van der Waals surface area contributed by atoms with E-state index in [1.807, 2.05) is 84.3 Å². The maximum atomic E-state index is 12.4. The molecule has 4 rings (SSSR count). The summed E-state index contributed by atoms with van der Waals surface area (Å²) in [6.45, 7) is 3.10. The molecule has 0 aliphatic carbocycles. The summed E-state index contributed by atoms with van der Waals surface area (Å²) in [4.78, 5) is 12.4. The number of benzene rings is 3. The molecule has 3 aromatic carbocycles. The summed E-state index contributed by atoms with van der Waals surface area (Å²) in [5.74, 6) is 1.73. The highest BCUT2D eigenvalue weighted by atomic mass is 32.2. The maximum absolute atomic E-state index is 12.4. The lowest BCUT2D eigenvalue weighted by Crippen LogP contribution is -2.14. The average Bonchev–Trinajstić information content (AvgIpc) is 3.17. The number of carbonyl (C=O) groups is 1. The van der Waals surface area contributed by atoms with Crippen LogP contribution in [0.15, 0.2) is 90.1 Å². The Bertz CT molecular complexity index is 1150. The average molecular weight is 445 g/mol. The van der Waals surface area contributed by atoms with Crippen LogP contribution in [0, 0.1) is 6.92 Å². The van der Waals surface area contributed by atoms with Crippen LogP contribution in [0.1, 0.15) is 17.0 Å². The zero-order valence-corrected chi connectivity index (χ0v) is 18.6. The van der Waals surface area contributed by atoms with E-state index in [-0.39, 0.29) is 11.7 Å². The lowest BCUT2D eigenvalue weighted by molar-refractivity contribution is -0.113. The minimum Gasteiger partial charge on any atom is -0.489 e. The molecule has 0 spiro atoms. The van der Waals surface area contributed by atoms with Crippen molar-refractivity contribution >= 4 is 23.4 Å². The Balaban J connectivity index is 1.28. The molecule has 162 valence electrons. The van der Waals surface area contributed by atoms with E-state index in [2.05, 4.69) is 27.6 Å². The Morgan fingerprint density at radius 3 is 2.25 bits per heavy atom. The van der Waals surface area contributed by atoms with E-state index in [1.54, 1.807) is 0 Å². The van der Waals surface area contributed by atoms with Gasteiger partial charge in [-0.2, -0.15) is 0 Å². The molecule has 1 N–H and O–H groups in total. The molecule has 0 saturated carbocycles. The molecule has 0 radical (unpaired) electrons. The molecule has 1 heterocycles. The number of aryl methyl sites for hydroxylation is 1. The van der Waals surface area contributed by atoms with Crippen LogP contribution in [0.5, 0.6) is 5.75 Å². The van der Waals surface area contributed by atoms with Crippen LogP contribution in [-0.4, -0.2) is 26.4 Å². The number of aromatic nitrogens is 3. The van der Waals surface area contributed by atoms with Crippen molar-refractivity contribution in [3.05, 3.63) is 102 Å². The highest BCUT2D eigenvalue weighted by Gasteiger charge is 2.12. The van der Waals surface area contributed by atoms with E-state index < -0.39 is 0 Å². The topological polar surface area (TPSA) is 69.0 Å². The van der Waals surface area contributed by atoms with E-state index in [0.717, 1.165) is 33.5 Å². The molecule has 1 aromatic heterocycles. The molecule has 0 bridgehead atoms. The molecule has 0 atom stereocenters. The summed E-state index contributed by atoms with van der Waals surface area (Å²) >= 11 is 1.38. The van der Waals surface area contributed by atoms with E-state index in [1.165, 1.54) is 11.8 Å². The molecule has 32 heavy (non-hydrogen) atoms. The van der Waals surface area contributed by atoms with Crippen molar-refractivity contribution in [3.63, 3.8) is 0 Å². The largest absolute Gasteiger partial charge is 0.489 e. The zero-order chi connectivity index (χ0) is 22.2. The van der Waals surface area contributed by atoms with E-state index in [9.17, 15) is 4.79 Å². The third-order valence-electron chi connectivity index (χ3n) is 4.80. The fourth-order valence-corrected chi connectivity index (χ4v) is 3.90. The quantitative estimate of drug-likeness (QED) is 0.370. The number of hydrogen-bond donors (Lipinski definition) is 1. The molecule has 0 fully saturated rings. The predicted molar refractivity (Wildman–Crippen MR) is 127 cm³/mol. The van der Waals surface area contributed by atoms with Gasteiger partial charge in [0.2, 0.25) is 5.91 Å². The van der Waals surface area contributed by atoms with Gasteiger partial charge in [0.25, 0.3) is 0 Å². The molecule has 7 heteroatoms. The van der Waals surface area contributed by atoms with Crippen molar-refractivity contribution in [1.82, 2.24) is 14.8 Å². The minimum atomic E-state index is -0.0973. The Hall–Kier alpha value is -3.58. The summed E-state index contributed by atoms with van der Waals surface area (Å²) in [6, 6.07) is 27.5. The maximum Gasteiger partial charge on any atom is 0.234 e. The number of hydrogen-bond acceptors (Lipinski definition) is 5. The first-order valence-electron chi connectivity index (χ1n) is 10.3. The summed E-state index contributed by atoms with van der Waals surface area (Å²) in [5.41, 5.74) is 3.00. The van der Waals surface area contributed by atoms with Crippen LogP contribution in [0.2, 0.25) is 0 Å². The van der Waals surface area contributed by atoms with Crippen LogP contribution in [-0.2, 0) is 17.9 Å². The Labute approximate surface area is 191 Å². The number of nitrogens with zero attached hydrogens (tertiary/aromatic N) is 3. The second-order valence-electron chi connectivity index (χ2n) is 7.24. The third-order valence-corrected chi connectivity index (χ3v) is 5.77. The zero-order valence-electron chi connectivity index (χ0n) is 17.8. The lowest BCUT2D eigenvalue weighted by atomic mass is 10.2. The van der Waals surface area contributed by atoms with Gasteiger partial charge in [-0.15, -0.1) is 10.2 Å². The van der Waals surface area contributed by atoms with Crippen LogP contribution in [0.25, 0.3) is 0 Å². The number of ether oxygens (including phenoxy) is 1. The van der Waals surface area contributed by atoms with Crippen molar-refractivity contribution in [2.45, 2.75) is 25.2 Å². The number of anilines is 1. The number of nitrogens with one attached hydrogen (secondary N) is 1. The van der Waals surface area contributed by atoms with Crippen molar-refractivity contribution in [2.24, 2.45) is 0 Å². The summed E-state index contributed by atoms with van der Waals surface area (Å²) in [7, 11) is 0. The van der Waals surface area contributed by atoms with Crippen LogP contribution >= 0.6 is 11.8 Å². The van der Waals surface area contributed by atoms with Gasteiger partial charge in [0.1, 0.15) is 18.2 Å². The smallest absolute Gasteiger partial charge is 0.234 e. The van der Waals surface area contributed by atoms with Crippen molar-refractivity contribution in [2.75, 3.05) is 11.1 Å². The van der Waals surface area contributed by atoms with Gasteiger partial charge in [0, 0.05) is 5.69 Å². The lowest BCUT2D eigenvalue weighted by Gasteiger charge is -2.10. The standard InChI is InChI=1S/C25H24N4O2S/c1-19-27-28-25(29(19)16-20-8-4-2-5-9-20)32-18-24(30)26-22-12-14-23(15-13-22)31-17-21-10-6-3-7-11-21/h2-15H,16-18H2,1H3,(H,26,30). The second-order valence-corrected chi connectivity index (χ2v) is 8.18. The van der Waals surface area contributed by atoms with Gasteiger partial charge in [-0.25, -0.2) is 0 Å². The normalized spacial score (nSPS) is 10.7. The first kappa shape index (κ1) is 21.6. The van der Waals surface area contributed by atoms with Gasteiger partial charge >= 0.3 is 0 Å². The molecule has 0 aliphatic heterocycles. The van der Waals surface area contributed by atoms with Crippen molar-refractivity contribution in [1.29, 1.82) is 0 Å². The van der Waals surface area contributed by atoms with Crippen LogP contribution in [0.4, 0.5) is 5.69 Å². The fraction of sp³-hybridized carbons (Fsp3) is 0.160. The summed E-state index contributed by atoms with van der Waals surface area (Å²) in [6.07, 6.45) is 0. The van der Waals surface area contributed by atoms with Gasteiger partial charge in [-0.3, -0.25) is 4.79 Å². The minimum absolute atomic E-state index is 0.0973. The molecule has 6 nitrogen and oxygen atoms in total. The van der Waals surface area contributed by atoms with Crippen LogP contribution in [0.3, 0.4) is 0 Å². The summed E-state index contributed by atoms with van der Waals surface area (Å²) < 4.78 is 7.81. The SMILES string of the molecule is Cc1nnc(SCC(=O)Nc2ccc(OCc3ccccc3)cc2)n1Cc1ccccc1. The van der Waals surface area contributed by atoms with E-state index in [0.29, 0.717) is 13.2 Å². The Kier molecular flexibility index (Phi) is 7.19. The highest BCUT2D eigenvalue weighted by Crippen LogP contribution is 2.20. The first-order chi connectivity index (χ1) is 15.7. The third kappa shape index (κ3) is 5.98. The molecule has 0 saturated heterocycles. The molecular formula is C25H24N4O2S. The Morgan fingerprint density at radius 2 is 1.56 bits per heavy atom.